The van der Waals surface area contributed by atoms with Crippen LogP contribution >= 0.6 is 23.2 Å². The van der Waals surface area contributed by atoms with Crippen molar-refractivity contribution in [1.29, 1.82) is 0 Å². The average Bonchev–Trinajstić information content (AvgIpc) is 2.86. The molecule has 0 aromatic heterocycles. The summed E-state index contributed by atoms with van der Waals surface area (Å²) >= 11 is 12.9. The Morgan fingerprint density at radius 3 is 2.11 bits per heavy atom. The fraction of sp³-hybridized carbons (Fsp3) is 0.286. The number of benzene rings is 3. The molecule has 190 valence electrons. The van der Waals surface area contributed by atoms with Crippen LogP contribution in [0.1, 0.15) is 25.0 Å². The summed E-state index contributed by atoms with van der Waals surface area (Å²) < 4.78 is 11.1. The second kappa shape index (κ2) is 13.2. The molecule has 8 heteroatoms. The summed E-state index contributed by atoms with van der Waals surface area (Å²) in [6.07, 6.45) is 0.307. The van der Waals surface area contributed by atoms with Crippen LogP contribution in [0.5, 0.6) is 11.5 Å². The van der Waals surface area contributed by atoms with Crippen LogP contribution in [0, 0.1) is 0 Å². The van der Waals surface area contributed by atoms with Gasteiger partial charge in [0.25, 0.3) is 5.91 Å². The summed E-state index contributed by atoms with van der Waals surface area (Å²) in [5, 5.41) is 3.77. The maximum Gasteiger partial charge on any atom is 0.261 e. The van der Waals surface area contributed by atoms with Gasteiger partial charge in [-0.25, -0.2) is 0 Å². The number of nitrogens with zero attached hydrogens (tertiary/aromatic N) is 1. The lowest BCUT2D eigenvalue weighted by atomic mass is 10.0. The number of methoxy groups -OCH3 is 1. The van der Waals surface area contributed by atoms with Crippen LogP contribution in [-0.2, 0) is 22.6 Å². The highest BCUT2D eigenvalue weighted by molar-refractivity contribution is 6.36. The fourth-order valence-corrected chi connectivity index (χ4v) is 4.27. The SMILES string of the molecule is COc1ccccc1OCC(=O)N(Cc1c(Cl)cccc1Cl)[C@H](Cc1ccccc1)C(=O)NC(C)C. The van der Waals surface area contributed by atoms with Crippen molar-refractivity contribution in [1.82, 2.24) is 10.2 Å². The van der Waals surface area contributed by atoms with Crippen LogP contribution in [0.4, 0.5) is 0 Å². The molecule has 1 atom stereocenters. The molecule has 0 fully saturated rings. The van der Waals surface area contributed by atoms with Gasteiger partial charge in [-0.2, -0.15) is 0 Å². The van der Waals surface area contributed by atoms with Gasteiger partial charge in [-0.15, -0.1) is 0 Å². The zero-order chi connectivity index (χ0) is 26.1. The second-order valence-corrected chi connectivity index (χ2v) is 9.34. The van der Waals surface area contributed by atoms with Gasteiger partial charge in [0.1, 0.15) is 6.04 Å². The van der Waals surface area contributed by atoms with Gasteiger partial charge in [0.15, 0.2) is 18.1 Å². The Morgan fingerprint density at radius 2 is 1.50 bits per heavy atom. The maximum atomic E-state index is 13.7. The number of amides is 2. The summed E-state index contributed by atoms with van der Waals surface area (Å²) in [6.45, 7) is 3.48. The van der Waals surface area contributed by atoms with Crippen molar-refractivity contribution < 1.29 is 19.1 Å². The van der Waals surface area contributed by atoms with Crippen LogP contribution in [0.3, 0.4) is 0 Å². The van der Waals surface area contributed by atoms with Crippen molar-refractivity contribution in [2.75, 3.05) is 13.7 Å². The molecule has 0 aliphatic carbocycles. The summed E-state index contributed by atoms with van der Waals surface area (Å²) in [4.78, 5) is 28.5. The van der Waals surface area contributed by atoms with E-state index >= 15 is 0 Å². The van der Waals surface area contributed by atoms with E-state index in [1.165, 1.54) is 12.0 Å². The molecule has 3 rings (SSSR count). The predicted molar refractivity (Wildman–Crippen MR) is 143 cm³/mol. The van der Waals surface area contributed by atoms with Gasteiger partial charge >= 0.3 is 0 Å². The topological polar surface area (TPSA) is 67.9 Å². The standard InChI is InChI=1S/C28H30Cl2N2O4/c1-19(2)31-28(34)24(16-20-10-5-4-6-11-20)32(17-21-22(29)12-9-13-23(21)30)27(33)18-36-26-15-8-7-14-25(26)35-3/h4-15,19,24H,16-18H2,1-3H3,(H,31,34)/t24-/m1/s1. The third-order valence-electron chi connectivity index (χ3n) is 5.51. The minimum Gasteiger partial charge on any atom is -0.493 e. The molecular weight excluding hydrogens is 499 g/mol. The zero-order valence-electron chi connectivity index (χ0n) is 20.5. The van der Waals surface area contributed by atoms with E-state index in [0.717, 1.165) is 5.56 Å². The van der Waals surface area contributed by atoms with Gasteiger partial charge in [0.2, 0.25) is 5.91 Å². The molecule has 1 N–H and O–H groups in total. The van der Waals surface area contributed by atoms with Gasteiger partial charge in [-0.05, 0) is 43.7 Å². The molecule has 3 aromatic rings. The molecule has 0 radical (unpaired) electrons. The Morgan fingerprint density at radius 1 is 0.889 bits per heavy atom. The van der Waals surface area contributed by atoms with Crippen LogP contribution in [-0.4, -0.2) is 42.5 Å². The second-order valence-electron chi connectivity index (χ2n) is 8.53. The first kappa shape index (κ1) is 27.4. The molecule has 0 spiro atoms. The number of rotatable bonds is 11. The highest BCUT2D eigenvalue weighted by Gasteiger charge is 2.32. The van der Waals surface area contributed by atoms with E-state index in [1.54, 1.807) is 36.4 Å². The molecule has 0 aliphatic rings. The van der Waals surface area contributed by atoms with Crippen molar-refractivity contribution >= 4 is 35.0 Å². The molecule has 0 saturated heterocycles. The molecule has 2 amide bonds. The van der Waals surface area contributed by atoms with Gasteiger partial charge in [-0.1, -0.05) is 71.7 Å². The minimum atomic E-state index is -0.823. The van der Waals surface area contributed by atoms with Crippen molar-refractivity contribution in [2.45, 2.75) is 38.9 Å². The number of ether oxygens (including phenoxy) is 2. The van der Waals surface area contributed by atoms with Crippen LogP contribution in [0.25, 0.3) is 0 Å². The van der Waals surface area contributed by atoms with Crippen LogP contribution in [0.2, 0.25) is 10.0 Å². The number of para-hydroxylation sites is 2. The number of carbonyl (C=O) groups is 2. The van der Waals surface area contributed by atoms with E-state index in [9.17, 15) is 9.59 Å². The Bertz CT molecular complexity index is 1150. The minimum absolute atomic E-state index is 0.0373. The summed E-state index contributed by atoms with van der Waals surface area (Å²) in [5.41, 5.74) is 1.47. The molecular formula is C28H30Cl2N2O4. The van der Waals surface area contributed by atoms with Crippen molar-refractivity contribution in [3.8, 4) is 11.5 Å². The lowest BCUT2D eigenvalue weighted by Crippen LogP contribution is -2.52. The molecule has 36 heavy (non-hydrogen) atoms. The Kier molecular flexibility index (Phi) is 10.0. The first-order valence-corrected chi connectivity index (χ1v) is 12.4. The van der Waals surface area contributed by atoms with Gasteiger partial charge in [0, 0.05) is 34.6 Å². The normalized spacial score (nSPS) is 11.6. The Hall–Kier alpha value is -3.22. The van der Waals surface area contributed by atoms with Crippen molar-refractivity contribution in [2.24, 2.45) is 0 Å². The summed E-state index contributed by atoms with van der Waals surface area (Å²) in [5.74, 6) is 0.263. The Labute approximate surface area is 222 Å². The van der Waals surface area contributed by atoms with Gasteiger partial charge in [-0.3, -0.25) is 9.59 Å². The number of nitrogens with one attached hydrogen (secondary N) is 1. The number of halogens is 2. The third kappa shape index (κ3) is 7.39. The van der Waals surface area contributed by atoms with Gasteiger partial charge in [0.05, 0.1) is 7.11 Å². The van der Waals surface area contributed by atoms with E-state index in [1.807, 2.05) is 50.2 Å². The first-order chi connectivity index (χ1) is 17.3. The highest BCUT2D eigenvalue weighted by atomic mass is 35.5. The quantitative estimate of drug-likeness (QED) is 0.354. The molecule has 0 heterocycles. The monoisotopic (exact) mass is 528 g/mol. The zero-order valence-corrected chi connectivity index (χ0v) is 22.1. The summed E-state index contributed by atoms with van der Waals surface area (Å²) in [7, 11) is 1.53. The lowest BCUT2D eigenvalue weighted by molar-refractivity contribution is -0.143. The van der Waals surface area contributed by atoms with E-state index in [2.05, 4.69) is 5.32 Å². The first-order valence-electron chi connectivity index (χ1n) is 11.6. The lowest BCUT2D eigenvalue weighted by Gasteiger charge is -2.32. The molecule has 0 saturated carbocycles. The number of hydrogen-bond donors (Lipinski definition) is 1. The van der Waals surface area contributed by atoms with Crippen molar-refractivity contribution in [3.63, 3.8) is 0 Å². The van der Waals surface area contributed by atoms with E-state index in [0.29, 0.717) is 33.5 Å². The largest absolute Gasteiger partial charge is 0.493 e. The summed E-state index contributed by atoms with van der Waals surface area (Å²) in [6, 6.07) is 20.8. The van der Waals surface area contributed by atoms with E-state index < -0.39 is 11.9 Å². The molecule has 0 unspecified atom stereocenters. The Balaban J connectivity index is 1.97. The van der Waals surface area contributed by atoms with E-state index in [-0.39, 0.29) is 25.1 Å². The van der Waals surface area contributed by atoms with Crippen molar-refractivity contribution in [3.05, 3.63) is 94.0 Å². The molecule has 3 aromatic carbocycles. The molecule has 6 nitrogen and oxygen atoms in total. The number of carbonyl (C=O) groups excluding carboxylic acids is 2. The third-order valence-corrected chi connectivity index (χ3v) is 6.22. The van der Waals surface area contributed by atoms with Gasteiger partial charge < -0.3 is 19.7 Å². The van der Waals surface area contributed by atoms with Crippen LogP contribution in [0.15, 0.2) is 72.8 Å². The van der Waals surface area contributed by atoms with Crippen LogP contribution < -0.4 is 14.8 Å². The maximum absolute atomic E-state index is 13.7. The van der Waals surface area contributed by atoms with E-state index in [4.69, 9.17) is 32.7 Å². The molecule has 0 bridgehead atoms. The highest BCUT2D eigenvalue weighted by Crippen LogP contribution is 2.28. The average molecular weight is 529 g/mol. The number of hydrogen-bond acceptors (Lipinski definition) is 4. The smallest absolute Gasteiger partial charge is 0.261 e. The fourth-order valence-electron chi connectivity index (χ4n) is 3.75. The molecule has 0 aliphatic heterocycles. The predicted octanol–water partition coefficient (Wildman–Crippen LogP) is 5.55.